The molecule has 2 aliphatic carbocycles. The van der Waals surface area contributed by atoms with Gasteiger partial charge in [0, 0.05) is 43.7 Å². The van der Waals surface area contributed by atoms with E-state index in [1.165, 1.54) is 88.4 Å². The molecule has 1 aromatic carbocycles. The van der Waals surface area contributed by atoms with Crippen molar-refractivity contribution in [2.45, 2.75) is 120 Å². The van der Waals surface area contributed by atoms with Crippen LogP contribution in [0, 0.1) is 17.8 Å². The number of aromatic nitrogens is 2. The SMILES string of the molecule is O=C(O)CCN1CC[C@@H](Cc2nc3ccccc3n2C2C[C@H]3CCC[C@@H](C2)N3C2C[C@H]3CCCC[C@@H](C2)C3)C1. The molecule has 2 saturated carbocycles. The summed E-state index contributed by atoms with van der Waals surface area (Å²) in [6.45, 7) is 2.70. The topological polar surface area (TPSA) is 61.6 Å². The van der Waals surface area contributed by atoms with Crippen LogP contribution >= 0.6 is 0 Å². The van der Waals surface area contributed by atoms with E-state index in [1.54, 1.807) is 0 Å². The van der Waals surface area contributed by atoms with Gasteiger partial charge >= 0.3 is 5.97 Å². The molecule has 0 radical (unpaired) electrons. The van der Waals surface area contributed by atoms with E-state index in [9.17, 15) is 4.79 Å². The van der Waals surface area contributed by atoms with Crippen LogP contribution in [0.5, 0.6) is 0 Å². The van der Waals surface area contributed by atoms with Crippen molar-refractivity contribution in [2.24, 2.45) is 17.8 Å². The molecule has 2 aromatic rings. The van der Waals surface area contributed by atoms with Crippen molar-refractivity contribution < 1.29 is 9.90 Å². The number of aliphatic carboxylic acids is 1. The predicted molar refractivity (Wildman–Crippen MR) is 155 cm³/mol. The van der Waals surface area contributed by atoms with Gasteiger partial charge in [-0.2, -0.15) is 0 Å². The van der Waals surface area contributed by atoms with Gasteiger partial charge in [0.2, 0.25) is 0 Å². The van der Waals surface area contributed by atoms with E-state index in [-0.39, 0.29) is 6.42 Å². The van der Waals surface area contributed by atoms with Gasteiger partial charge in [-0.25, -0.2) is 4.98 Å². The molecule has 5 aliphatic rings. The molecule has 39 heavy (non-hydrogen) atoms. The third kappa shape index (κ3) is 5.40. The summed E-state index contributed by atoms with van der Waals surface area (Å²) in [6, 6.07) is 11.7. The molecule has 7 atom stereocenters. The van der Waals surface area contributed by atoms with Gasteiger partial charge in [0.25, 0.3) is 0 Å². The molecule has 0 spiro atoms. The molecule has 2 unspecified atom stereocenters. The van der Waals surface area contributed by atoms with Crippen molar-refractivity contribution in [1.82, 2.24) is 19.4 Å². The maximum atomic E-state index is 11.1. The van der Waals surface area contributed by atoms with Crippen molar-refractivity contribution in [3.63, 3.8) is 0 Å². The minimum Gasteiger partial charge on any atom is -0.481 e. The Morgan fingerprint density at radius 2 is 1.59 bits per heavy atom. The number of nitrogens with zero attached hydrogens (tertiary/aromatic N) is 4. The Morgan fingerprint density at radius 1 is 0.846 bits per heavy atom. The van der Waals surface area contributed by atoms with Gasteiger partial charge in [-0.3, -0.25) is 9.69 Å². The molecular weight excluding hydrogens is 484 g/mol. The second-order valence-electron chi connectivity index (χ2n) is 13.9. The lowest BCUT2D eigenvalue weighted by Crippen LogP contribution is -2.58. The number of carboxylic acid groups (broad SMARTS) is 1. The first-order chi connectivity index (χ1) is 19.1. The fourth-order valence-corrected chi connectivity index (χ4v) is 9.75. The van der Waals surface area contributed by atoms with Gasteiger partial charge < -0.3 is 14.6 Å². The standard InChI is InChI=1S/C33H48N4O2/c38-33(39)13-15-35-14-12-25(22-35)19-32-34-30-10-3-4-11-31(30)37(32)29-20-26-8-5-9-27(21-29)36(26)28-17-23-6-1-2-7-24(16-23)18-28/h3-4,10-11,23-29H,1-2,5-9,12-22H2,(H,38,39)/t23-,24+,25-,26-,27+,28?,29?/m0/s1. The van der Waals surface area contributed by atoms with E-state index in [0.29, 0.717) is 18.5 Å². The van der Waals surface area contributed by atoms with Crippen LogP contribution in [0.1, 0.15) is 102 Å². The maximum absolute atomic E-state index is 11.1. The van der Waals surface area contributed by atoms with Crippen LogP contribution in [-0.2, 0) is 11.2 Å². The lowest BCUT2D eigenvalue weighted by Gasteiger charge is -2.54. The summed E-state index contributed by atoms with van der Waals surface area (Å²) in [5.41, 5.74) is 2.48. The van der Waals surface area contributed by atoms with Gasteiger partial charge in [0.1, 0.15) is 5.82 Å². The number of hydrogen-bond donors (Lipinski definition) is 1. The Morgan fingerprint density at radius 3 is 2.33 bits per heavy atom. The fraction of sp³-hybridized carbons (Fsp3) is 0.758. The van der Waals surface area contributed by atoms with E-state index < -0.39 is 5.97 Å². The minimum atomic E-state index is -0.691. The number of piperidine rings is 2. The van der Waals surface area contributed by atoms with Gasteiger partial charge in [-0.05, 0) is 87.8 Å². The molecule has 6 nitrogen and oxygen atoms in total. The minimum absolute atomic E-state index is 0.245. The highest BCUT2D eigenvalue weighted by Crippen LogP contribution is 2.47. The molecule has 1 aromatic heterocycles. The predicted octanol–water partition coefficient (Wildman–Crippen LogP) is 6.29. The number of carboxylic acids is 1. The molecule has 0 amide bonds. The molecular formula is C33H48N4O2. The number of benzene rings is 1. The van der Waals surface area contributed by atoms with Crippen molar-refractivity contribution >= 4 is 17.0 Å². The first-order valence-corrected chi connectivity index (χ1v) is 16.3. The zero-order chi connectivity index (χ0) is 26.3. The van der Waals surface area contributed by atoms with Crippen molar-refractivity contribution in [3.8, 4) is 0 Å². The summed E-state index contributed by atoms with van der Waals surface area (Å²) in [4.78, 5) is 21.7. The lowest BCUT2D eigenvalue weighted by molar-refractivity contribution is -0.137. The highest BCUT2D eigenvalue weighted by atomic mass is 16.4. The van der Waals surface area contributed by atoms with Crippen LogP contribution in [-0.4, -0.2) is 68.2 Å². The van der Waals surface area contributed by atoms with Crippen LogP contribution in [0.4, 0.5) is 0 Å². The van der Waals surface area contributed by atoms with Gasteiger partial charge in [0.15, 0.2) is 0 Å². The van der Waals surface area contributed by atoms with E-state index in [4.69, 9.17) is 10.1 Å². The van der Waals surface area contributed by atoms with Crippen LogP contribution in [0.25, 0.3) is 11.0 Å². The van der Waals surface area contributed by atoms with Crippen LogP contribution in [0.3, 0.4) is 0 Å². The van der Waals surface area contributed by atoms with E-state index in [1.807, 2.05) is 0 Å². The molecule has 7 rings (SSSR count). The highest BCUT2D eigenvalue weighted by molar-refractivity contribution is 5.76. The molecule has 1 N–H and O–H groups in total. The normalized spacial score (nSPS) is 35.7. The number of likely N-dealkylation sites (tertiary alicyclic amines) is 1. The number of hydrogen-bond acceptors (Lipinski definition) is 4. The number of para-hydroxylation sites is 2. The largest absolute Gasteiger partial charge is 0.481 e. The second-order valence-corrected chi connectivity index (χ2v) is 13.9. The summed E-state index contributed by atoms with van der Waals surface area (Å²) in [5.74, 6) is 3.13. The quantitative estimate of drug-likeness (QED) is 0.454. The smallest absolute Gasteiger partial charge is 0.304 e. The van der Waals surface area contributed by atoms with Gasteiger partial charge in [-0.15, -0.1) is 0 Å². The third-order valence-corrected chi connectivity index (χ3v) is 11.3. The molecule has 3 aliphatic heterocycles. The zero-order valence-corrected chi connectivity index (χ0v) is 23.7. The Labute approximate surface area is 234 Å². The average Bonchev–Trinajstić information content (AvgIpc) is 3.48. The highest BCUT2D eigenvalue weighted by Gasteiger charge is 2.45. The fourth-order valence-electron chi connectivity index (χ4n) is 9.75. The number of imidazole rings is 1. The molecule has 3 saturated heterocycles. The van der Waals surface area contributed by atoms with E-state index in [2.05, 4.69) is 38.6 Å². The molecule has 6 heteroatoms. The second kappa shape index (κ2) is 11.2. The molecule has 4 heterocycles. The van der Waals surface area contributed by atoms with Gasteiger partial charge in [0.05, 0.1) is 17.5 Å². The summed E-state index contributed by atoms with van der Waals surface area (Å²) in [7, 11) is 0. The zero-order valence-electron chi connectivity index (χ0n) is 23.7. The molecule has 212 valence electrons. The van der Waals surface area contributed by atoms with Crippen molar-refractivity contribution in [1.29, 1.82) is 0 Å². The van der Waals surface area contributed by atoms with Crippen molar-refractivity contribution in [3.05, 3.63) is 30.1 Å². The molecule has 4 bridgehead atoms. The third-order valence-electron chi connectivity index (χ3n) is 11.3. The first kappa shape index (κ1) is 26.0. The number of carbonyl (C=O) groups is 1. The Balaban J connectivity index is 1.11. The Bertz CT molecular complexity index is 1130. The maximum Gasteiger partial charge on any atom is 0.304 e. The van der Waals surface area contributed by atoms with Gasteiger partial charge in [-0.1, -0.05) is 44.2 Å². The summed E-state index contributed by atoms with van der Waals surface area (Å²) in [5, 5.41) is 9.12. The molecule has 5 fully saturated rings. The van der Waals surface area contributed by atoms with Crippen LogP contribution < -0.4 is 0 Å². The first-order valence-electron chi connectivity index (χ1n) is 16.3. The van der Waals surface area contributed by atoms with E-state index in [0.717, 1.165) is 61.4 Å². The van der Waals surface area contributed by atoms with E-state index >= 15 is 0 Å². The number of fused-ring (bicyclic) bond motifs is 5. The van der Waals surface area contributed by atoms with Crippen LogP contribution in [0.2, 0.25) is 0 Å². The summed E-state index contributed by atoms with van der Waals surface area (Å²) in [6.07, 6.45) is 19.5. The summed E-state index contributed by atoms with van der Waals surface area (Å²) < 4.78 is 2.68. The van der Waals surface area contributed by atoms with Crippen molar-refractivity contribution in [2.75, 3.05) is 19.6 Å². The monoisotopic (exact) mass is 532 g/mol. The number of rotatable bonds is 7. The lowest BCUT2D eigenvalue weighted by atomic mass is 9.73. The average molecular weight is 533 g/mol. The Hall–Kier alpha value is -1.92. The Kier molecular flexibility index (Phi) is 7.44. The van der Waals surface area contributed by atoms with Crippen LogP contribution in [0.15, 0.2) is 24.3 Å². The summed E-state index contributed by atoms with van der Waals surface area (Å²) >= 11 is 0.